The minimum Gasteiger partial charge on any atom is -0.327 e. The van der Waals surface area contributed by atoms with Crippen LogP contribution in [0.3, 0.4) is 0 Å². The maximum absolute atomic E-state index is 12.6. The lowest BCUT2D eigenvalue weighted by Crippen LogP contribution is -2.64. The lowest BCUT2D eigenvalue weighted by Gasteiger charge is -2.45. The molecule has 0 spiro atoms. The molecule has 5 heteroatoms. The number of halogens is 1. The fourth-order valence-corrected chi connectivity index (χ4v) is 2.86. The van der Waals surface area contributed by atoms with Gasteiger partial charge in [0, 0.05) is 30.2 Å². The summed E-state index contributed by atoms with van der Waals surface area (Å²) in [7, 11) is 0. The van der Waals surface area contributed by atoms with Crippen molar-refractivity contribution in [3.05, 3.63) is 28.7 Å². The minimum absolute atomic E-state index is 0.0490. The first-order chi connectivity index (χ1) is 8.84. The van der Waals surface area contributed by atoms with E-state index in [1.54, 1.807) is 23.6 Å². The molecule has 1 aliphatic rings. The van der Waals surface area contributed by atoms with E-state index in [1.807, 2.05) is 24.3 Å². The Hall–Kier alpha value is -1.36. The zero-order valence-electron chi connectivity index (χ0n) is 11.3. The molecule has 0 aromatic heterocycles. The van der Waals surface area contributed by atoms with Crippen LogP contribution in [0.2, 0.25) is 0 Å². The molecule has 2 rings (SSSR count). The highest BCUT2D eigenvalue weighted by atomic mass is 79.9. The monoisotopic (exact) mass is 324 g/mol. The van der Waals surface area contributed by atoms with Crippen LogP contribution in [-0.4, -0.2) is 35.3 Å². The van der Waals surface area contributed by atoms with Crippen LogP contribution >= 0.6 is 15.9 Å². The molecule has 4 nitrogen and oxygen atoms in total. The van der Waals surface area contributed by atoms with Crippen LogP contribution in [0, 0.1) is 0 Å². The van der Waals surface area contributed by atoms with Crippen molar-refractivity contribution in [1.29, 1.82) is 0 Å². The number of nitrogens with zero attached hydrogens (tertiary/aromatic N) is 2. The van der Waals surface area contributed by atoms with E-state index in [-0.39, 0.29) is 11.8 Å². The summed E-state index contributed by atoms with van der Waals surface area (Å²) in [6.07, 6.45) is 0. The number of hydrogen-bond acceptors (Lipinski definition) is 2. The van der Waals surface area contributed by atoms with Crippen LogP contribution < -0.4 is 4.90 Å². The van der Waals surface area contributed by atoms with E-state index in [0.29, 0.717) is 13.1 Å². The smallest absolute Gasteiger partial charge is 0.252 e. The molecule has 1 saturated heterocycles. The lowest BCUT2D eigenvalue weighted by atomic mass is 9.97. The van der Waals surface area contributed by atoms with Gasteiger partial charge in [0.15, 0.2) is 0 Å². The highest BCUT2D eigenvalue weighted by Gasteiger charge is 2.43. The third kappa shape index (κ3) is 2.52. The molecule has 1 aromatic rings. The van der Waals surface area contributed by atoms with Gasteiger partial charge in [-0.3, -0.25) is 9.59 Å². The van der Waals surface area contributed by atoms with Crippen LogP contribution in [-0.2, 0) is 9.59 Å². The summed E-state index contributed by atoms with van der Waals surface area (Å²) in [5.74, 6) is -0.112. The zero-order valence-corrected chi connectivity index (χ0v) is 12.9. The van der Waals surface area contributed by atoms with Gasteiger partial charge in [0.05, 0.1) is 0 Å². The molecule has 0 bridgehead atoms. The van der Waals surface area contributed by atoms with E-state index < -0.39 is 5.54 Å². The van der Waals surface area contributed by atoms with Crippen molar-refractivity contribution >= 4 is 33.4 Å². The molecule has 0 atom stereocenters. The Morgan fingerprint density at radius 2 is 2.00 bits per heavy atom. The average Bonchev–Trinajstić information content (AvgIpc) is 2.32. The summed E-state index contributed by atoms with van der Waals surface area (Å²) in [6.45, 7) is 6.17. The van der Waals surface area contributed by atoms with Crippen molar-refractivity contribution < 1.29 is 9.59 Å². The van der Waals surface area contributed by atoms with E-state index in [1.165, 1.54) is 6.92 Å². The standard InChI is InChI=1S/C14H17BrN2O2/c1-10(18)17-8-7-16(13(19)14(17,2)3)12-6-4-5-11(15)9-12/h4-6,9H,7-8H2,1-3H3. The number of amides is 2. The number of rotatable bonds is 1. The van der Waals surface area contributed by atoms with Crippen LogP contribution in [0.25, 0.3) is 0 Å². The van der Waals surface area contributed by atoms with Gasteiger partial charge in [0.1, 0.15) is 5.54 Å². The fourth-order valence-electron chi connectivity index (χ4n) is 2.47. The second-order valence-electron chi connectivity index (χ2n) is 5.17. The molecule has 0 aliphatic carbocycles. The van der Waals surface area contributed by atoms with Gasteiger partial charge >= 0.3 is 0 Å². The largest absolute Gasteiger partial charge is 0.327 e. The summed E-state index contributed by atoms with van der Waals surface area (Å²) >= 11 is 3.41. The predicted octanol–water partition coefficient (Wildman–Crippen LogP) is 2.42. The molecule has 1 heterocycles. The van der Waals surface area contributed by atoms with Gasteiger partial charge in [0.2, 0.25) is 5.91 Å². The SMILES string of the molecule is CC(=O)N1CCN(c2cccc(Br)c2)C(=O)C1(C)C. The topological polar surface area (TPSA) is 40.6 Å². The van der Waals surface area contributed by atoms with Gasteiger partial charge in [-0.1, -0.05) is 22.0 Å². The van der Waals surface area contributed by atoms with E-state index >= 15 is 0 Å². The highest BCUT2D eigenvalue weighted by molar-refractivity contribution is 9.10. The van der Waals surface area contributed by atoms with E-state index in [9.17, 15) is 9.59 Å². The molecule has 0 radical (unpaired) electrons. The normalized spacial score (nSPS) is 18.6. The highest BCUT2D eigenvalue weighted by Crippen LogP contribution is 2.28. The van der Waals surface area contributed by atoms with Gasteiger partial charge < -0.3 is 9.80 Å². The maximum Gasteiger partial charge on any atom is 0.252 e. The minimum atomic E-state index is -0.799. The Labute approximate surface area is 121 Å². The Kier molecular flexibility index (Phi) is 3.67. The van der Waals surface area contributed by atoms with Crippen molar-refractivity contribution in [2.75, 3.05) is 18.0 Å². The second-order valence-corrected chi connectivity index (χ2v) is 6.08. The Morgan fingerprint density at radius 3 is 2.58 bits per heavy atom. The summed E-state index contributed by atoms with van der Waals surface area (Å²) in [5, 5.41) is 0. The number of carbonyl (C=O) groups is 2. The number of benzene rings is 1. The van der Waals surface area contributed by atoms with E-state index in [0.717, 1.165) is 10.2 Å². The van der Waals surface area contributed by atoms with Gasteiger partial charge in [-0.05, 0) is 32.0 Å². The first-order valence-corrected chi connectivity index (χ1v) is 6.99. The number of hydrogen-bond donors (Lipinski definition) is 0. The van der Waals surface area contributed by atoms with Gasteiger partial charge in [0.25, 0.3) is 5.91 Å². The molecule has 1 aliphatic heterocycles. The van der Waals surface area contributed by atoms with Crippen LogP contribution in [0.5, 0.6) is 0 Å². The summed E-state index contributed by atoms with van der Waals surface area (Å²) in [6, 6.07) is 7.64. The molecule has 0 unspecified atom stereocenters. The van der Waals surface area contributed by atoms with E-state index in [2.05, 4.69) is 15.9 Å². The molecule has 0 saturated carbocycles. The second kappa shape index (κ2) is 4.96. The van der Waals surface area contributed by atoms with Gasteiger partial charge in [-0.2, -0.15) is 0 Å². The van der Waals surface area contributed by atoms with E-state index in [4.69, 9.17) is 0 Å². The number of anilines is 1. The van der Waals surface area contributed by atoms with Crippen molar-refractivity contribution in [1.82, 2.24) is 4.90 Å². The molecule has 1 aromatic carbocycles. The molecular weight excluding hydrogens is 308 g/mol. The molecule has 19 heavy (non-hydrogen) atoms. The number of piperazine rings is 1. The Bertz CT molecular complexity index is 528. The molecular formula is C14H17BrN2O2. The Balaban J connectivity index is 2.32. The number of carbonyl (C=O) groups excluding carboxylic acids is 2. The maximum atomic E-state index is 12.6. The average molecular weight is 325 g/mol. The van der Waals surface area contributed by atoms with Crippen LogP contribution in [0.15, 0.2) is 28.7 Å². The van der Waals surface area contributed by atoms with Crippen molar-refractivity contribution in [3.8, 4) is 0 Å². The van der Waals surface area contributed by atoms with Crippen molar-refractivity contribution in [3.63, 3.8) is 0 Å². The fraction of sp³-hybridized carbons (Fsp3) is 0.429. The van der Waals surface area contributed by atoms with Crippen molar-refractivity contribution in [2.45, 2.75) is 26.3 Å². The predicted molar refractivity (Wildman–Crippen MR) is 78.0 cm³/mol. The third-order valence-electron chi connectivity index (χ3n) is 3.49. The third-order valence-corrected chi connectivity index (χ3v) is 3.98. The summed E-state index contributed by atoms with van der Waals surface area (Å²) < 4.78 is 0.935. The first-order valence-electron chi connectivity index (χ1n) is 6.20. The zero-order chi connectivity index (χ0) is 14.2. The van der Waals surface area contributed by atoms with Gasteiger partial charge in [-0.25, -0.2) is 0 Å². The summed E-state index contributed by atoms with van der Waals surface area (Å²) in [5.41, 5.74) is 0.0579. The molecule has 102 valence electrons. The summed E-state index contributed by atoms with van der Waals surface area (Å²) in [4.78, 5) is 27.6. The van der Waals surface area contributed by atoms with Crippen LogP contribution in [0.4, 0.5) is 5.69 Å². The van der Waals surface area contributed by atoms with Gasteiger partial charge in [-0.15, -0.1) is 0 Å². The lowest BCUT2D eigenvalue weighted by molar-refractivity contribution is -0.145. The first kappa shape index (κ1) is 14.1. The Morgan fingerprint density at radius 1 is 1.32 bits per heavy atom. The molecule has 2 amide bonds. The quantitative estimate of drug-likeness (QED) is 0.796. The van der Waals surface area contributed by atoms with Crippen LogP contribution in [0.1, 0.15) is 20.8 Å². The molecule has 1 fully saturated rings. The van der Waals surface area contributed by atoms with Crippen molar-refractivity contribution in [2.24, 2.45) is 0 Å². The molecule has 0 N–H and O–H groups in total.